The van der Waals surface area contributed by atoms with Crippen LogP contribution in [-0.2, 0) is 4.79 Å². The van der Waals surface area contributed by atoms with E-state index in [1.807, 2.05) is 6.79 Å². The standard InChI is InChI=1S/CH3N2Se.CH2O.H3N/c2-1(3)4;1-2;/h(H3,2,3);1H2;1H3. The first-order valence-electron chi connectivity index (χ1n) is 1.03. The monoisotopic (exact) mass is 170 g/mol. The number of nitrogens with one attached hydrogen (secondary N) is 1. The van der Waals surface area contributed by atoms with Crippen molar-refractivity contribution in [3.8, 4) is 0 Å². The van der Waals surface area contributed by atoms with Gasteiger partial charge in [-0.25, -0.2) is 0 Å². The molecule has 0 saturated carbocycles. The van der Waals surface area contributed by atoms with E-state index in [0.717, 1.165) is 0 Å². The van der Waals surface area contributed by atoms with Gasteiger partial charge in [0.15, 0.2) is 0 Å². The molecule has 0 atom stereocenters. The van der Waals surface area contributed by atoms with Gasteiger partial charge in [-0.15, -0.1) is 0 Å². The average Bonchev–Trinajstić information content (AvgIpc) is 1.41. The molecule has 0 fully saturated rings. The van der Waals surface area contributed by atoms with Crippen molar-refractivity contribution in [2.24, 2.45) is 5.73 Å². The van der Waals surface area contributed by atoms with Gasteiger partial charge in [-0.05, 0) is 0 Å². The van der Waals surface area contributed by atoms with Crippen molar-refractivity contribution in [1.29, 1.82) is 5.41 Å². The van der Waals surface area contributed by atoms with Crippen LogP contribution in [0, 0.1) is 5.41 Å². The van der Waals surface area contributed by atoms with Gasteiger partial charge in [-0.1, -0.05) is 0 Å². The molecule has 43 valence electrons. The Morgan fingerprint density at radius 2 is 1.71 bits per heavy atom. The number of rotatable bonds is 0. The van der Waals surface area contributed by atoms with E-state index in [4.69, 9.17) is 10.2 Å². The first-order valence-corrected chi connectivity index (χ1v) is 1.89. The molecule has 0 aliphatic carbocycles. The summed E-state index contributed by atoms with van der Waals surface area (Å²) < 4.78 is 0.0417. The fourth-order valence-electron chi connectivity index (χ4n) is 0. The molecule has 1 radical (unpaired) electrons. The fraction of sp³-hybridized carbons (Fsp3) is 0. The van der Waals surface area contributed by atoms with E-state index < -0.39 is 0 Å². The summed E-state index contributed by atoms with van der Waals surface area (Å²) in [6.07, 6.45) is 0. The van der Waals surface area contributed by atoms with Gasteiger partial charge in [0.1, 0.15) is 6.79 Å². The maximum absolute atomic E-state index is 8.00. The third-order valence-corrected chi connectivity index (χ3v) is 0. The predicted octanol–water partition coefficient (Wildman–Crippen LogP) is -0.975. The molecule has 0 heterocycles. The van der Waals surface area contributed by atoms with Crippen LogP contribution < -0.4 is 11.9 Å². The molecule has 0 aromatic carbocycles. The fourth-order valence-corrected chi connectivity index (χ4v) is 0. The summed E-state index contributed by atoms with van der Waals surface area (Å²) in [5, 5.41) is 6.22. The molecule has 0 amide bonds. The van der Waals surface area contributed by atoms with Gasteiger partial charge in [0.05, 0.1) is 0 Å². The molecule has 0 aliphatic rings. The number of carbonyl (C=O) groups is 1. The van der Waals surface area contributed by atoms with Crippen LogP contribution in [0.5, 0.6) is 0 Å². The van der Waals surface area contributed by atoms with Crippen LogP contribution in [0.1, 0.15) is 0 Å². The second kappa shape index (κ2) is 17.5. The van der Waals surface area contributed by atoms with Crippen molar-refractivity contribution in [2.75, 3.05) is 0 Å². The van der Waals surface area contributed by atoms with E-state index in [0.29, 0.717) is 0 Å². The molecule has 0 unspecified atom stereocenters. The van der Waals surface area contributed by atoms with E-state index >= 15 is 0 Å². The maximum atomic E-state index is 8.00. The molecule has 4 nitrogen and oxygen atoms in total. The minimum absolute atomic E-state index is 0. The normalized spacial score (nSPS) is 4.00. The van der Waals surface area contributed by atoms with Gasteiger partial charge >= 0.3 is 31.9 Å². The van der Waals surface area contributed by atoms with Crippen LogP contribution in [0.4, 0.5) is 0 Å². The van der Waals surface area contributed by atoms with Gasteiger partial charge in [0, 0.05) is 0 Å². The molecule has 0 aliphatic heterocycles. The molecule has 0 bridgehead atoms. The summed E-state index contributed by atoms with van der Waals surface area (Å²) in [7, 11) is 0. The summed E-state index contributed by atoms with van der Waals surface area (Å²) in [6.45, 7) is 2.00. The Morgan fingerprint density at radius 1 is 1.71 bits per heavy atom. The average molecular weight is 169 g/mol. The quantitative estimate of drug-likeness (QED) is 0.247. The Morgan fingerprint density at radius 3 is 1.71 bits per heavy atom. The van der Waals surface area contributed by atoms with Crippen LogP contribution in [-0.4, -0.2) is 27.5 Å². The molecule has 6 N–H and O–H groups in total. The molecule has 7 heavy (non-hydrogen) atoms. The summed E-state index contributed by atoms with van der Waals surface area (Å²) in [6, 6.07) is 0. The van der Waals surface area contributed by atoms with Crippen LogP contribution in [0.3, 0.4) is 0 Å². The summed E-state index contributed by atoms with van der Waals surface area (Å²) in [4.78, 5) is 8.00. The van der Waals surface area contributed by atoms with E-state index in [2.05, 4.69) is 21.7 Å². The summed E-state index contributed by atoms with van der Waals surface area (Å²) >= 11 is 2.26. The SMILES string of the molecule is C=O.N.N=C(N)[Se]. The van der Waals surface area contributed by atoms with E-state index in [1.165, 1.54) is 0 Å². The van der Waals surface area contributed by atoms with Crippen molar-refractivity contribution < 1.29 is 4.79 Å². The zero-order chi connectivity index (χ0) is 5.58. The Balaban J connectivity index is -0.0000000480. The van der Waals surface area contributed by atoms with Gasteiger partial charge in [0.25, 0.3) is 0 Å². The molecular weight excluding hydrogens is 161 g/mol. The molecule has 0 rings (SSSR count). The Hall–Kier alpha value is -0.381. The van der Waals surface area contributed by atoms with Crippen LogP contribution in [0.15, 0.2) is 0 Å². The predicted molar refractivity (Wildman–Crippen MR) is 29.8 cm³/mol. The van der Waals surface area contributed by atoms with Crippen LogP contribution in [0.25, 0.3) is 0 Å². The summed E-state index contributed by atoms with van der Waals surface area (Å²) in [5.41, 5.74) is 4.64. The molecular formula is C2H8N3OSe. The zero-order valence-electron chi connectivity index (χ0n) is 3.81. The van der Waals surface area contributed by atoms with E-state index in [1.54, 1.807) is 0 Å². The Kier molecular flexibility index (Phi) is 39.8. The van der Waals surface area contributed by atoms with Crippen molar-refractivity contribution in [3.05, 3.63) is 0 Å². The number of hydrogen-bond acceptors (Lipinski definition) is 3. The molecule has 0 aromatic rings. The molecule has 0 spiro atoms. The van der Waals surface area contributed by atoms with Crippen molar-refractivity contribution in [2.45, 2.75) is 0 Å². The first-order chi connectivity index (χ1) is 2.73. The van der Waals surface area contributed by atoms with Gasteiger partial charge < -0.3 is 10.9 Å². The topological polar surface area (TPSA) is 102 Å². The second-order valence-corrected chi connectivity index (χ2v) is 1.29. The van der Waals surface area contributed by atoms with E-state index in [-0.39, 0.29) is 10.9 Å². The van der Waals surface area contributed by atoms with E-state index in [9.17, 15) is 0 Å². The van der Waals surface area contributed by atoms with Crippen molar-refractivity contribution in [3.63, 3.8) is 0 Å². The van der Waals surface area contributed by atoms with Gasteiger partial charge in [-0.3, -0.25) is 0 Å². The number of hydrogen-bond donors (Lipinski definition) is 3. The summed E-state index contributed by atoms with van der Waals surface area (Å²) in [5.74, 6) is 0. The van der Waals surface area contributed by atoms with Crippen molar-refractivity contribution in [1.82, 2.24) is 6.15 Å². The molecule has 0 aromatic heterocycles. The third-order valence-electron chi connectivity index (χ3n) is 0. The van der Waals surface area contributed by atoms with Crippen LogP contribution >= 0.6 is 0 Å². The Labute approximate surface area is 50.4 Å². The zero-order valence-corrected chi connectivity index (χ0v) is 5.52. The molecule has 5 heteroatoms. The van der Waals surface area contributed by atoms with Crippen molar-refractivity contribution >= 4 is 27.5 Å². The first kappa shape index (κ1) is 16.0. The number of amidine groups is 1. The van der Waals surface area contributed by atoms with Gasteiger partial charge in [0.2, 0.25) is 0 Å². The number of carbonyl (C=O) groups excluding carboxylic acids is 1. The minimum atomic E-state index is 0. The number of nitrogens with two attached hydrogens (primary N) is 1. The third kappa shape index (κ3) is 508. The molecule has 0 saturated heterocycles. The second-order valence-electron chi connectivity index (χ2n) is 0.364. The Bertz CT molecular complexity index is 44.2. The van der Waals surface area contributed by atoms with Gasteiger partial charge in [-0.2, -0.15) is 0 Å². The van der Waals surface area contributed by atoms with Crippen LogP contribution in [0.2, 0.25) is 0 Å².